The zero-order valence-corrected chi connectivity index (χ0v) is 13.6. The van der Waals surface area contributed by atoms with Gasteiger partial charge >= 0.3 is 12.1 Å². The predicted molar refractivity (Wildman–Crippen MR) is 83.7 cm³/mol. The van der Waals surface area contributed by atoms with Gasteiger partial charge in [0.05, 0.1) is 18.5 Å². The third-order valence-corrected chi connectivity index (χ3v) is 2.80. The molecule has 6 heteroatoms. The summed E-state index contributed by atoms with van der Waals surface area (Å²) in [5, 5.41) is 2.71. The van der Waals surface area contributed by atoms with Crippen LogP contribution < -0.4 is 5.32 Å². The van der Waals surface area contributed by atoms with Gasteiger partial charge in [-0.3, -0.25) is 15.1 Å². The standard InChI is InChI=1S/C16H24N2O4/c1-16(2,3)22-15(20)18-13-9-7-11-17-12(13)8-5-6-10-14(19)21-4/h7,9,11H,5-6,8,10H2,1-4H3,(H,18,20). The lowest BCUT2D eigenvalue weighted by Gasteiger charge is -2.20. The maximum absolute atomic E-state index is 11.8. The summed E-state index contributed by atoms with van der Waals surface area (Å²) in [6, 6.07) is 3.54. The van der Waals surface area contributed by atoms with Crippen LogP contribution in [-0.2, 0) is 20.7 Å². The van der Waals surface area contributed by atoms with E-state index in [0.29, 0.717) is 18.5 Å². The number of nitrogens with one attached hydrogen (secondary N) is 1. The number of carbonyl (C=O) groups is 2. The van der Waals surface area contributed by atoms with Crippen LogP contribution in [0.4, 0.5) is 10.5 Å². The smallest absolute Gasteiger partial charge is 0.412 e. The summed E-state index contributed by atoms with van der Waals surface area (Å²) in [4.78, 5) is 27.2. The Kier molecular flexibility index (Phi) is 6.82. The maximum Gasteiger partial charge on any atom is 0.412 e. The molecule has 1 aromatic heterocycles. The van der Waals surface area contributed by atoms with E-state index in [2.05, 4.69) is 15.0 Å². The fourth-order valence-electron chi connectivity index (χ4n) is 1.83. The molecule has 122 valence electrons. The van der Waals surface area contributed by atoms with E-state index in [1.54, 1.807) is 18.3 Å². The molecule has 0 saturated carbocycles. The summed E-state index contributed by atoms with van der Waals surface area (Å²) >= 11 is 0. The van der Waals surface area contributed by atoms with Gasteiger partial charge in [0.2, 0.25) is 0 Å². The summed E-state index contributed by atoms with van der Waals surface area (Å²) in [5.74, 6) is -0.215. The van der Waals surface area contributed by atoms with Crippen LogP contribution in [0, 0.1) is 0 Å². The lowest BCUT2D eigenvalue weighted by atomic mass is 10.1. The number of hydrogen-bond donors (Lipinski definition) is 1. The minimum Gasteiger partial charge on any atom is -0.469 e. The van der Waals surface area contributed by atoms with Gasteiger partial charge in [0.15, 0.2) is 0 Å². The molecule has 0 bridgehead atoms. The Bertz CT molecular complexity index is 509. The monoisotopic (exact) mass is 308 g/mol. The van der Waals surface area contributed by atoms with Gasteiger partial charge in [-0.15, -0.1) is 0 Å². The Hall–Kier alpha value is -2.11. The highest BCUT2D eigenvalue weighted by Gasteiger charge is 2.17. The number of nitrogens with zero attached hydrogens (tertiary/aromatic N) is 1. The van der Waals surface area contributed by atoms with E-state index in [1.807, 2.05) is 20.8 Å². The van der Waals surface area contributed by atoms with E-state index in [-0.39, 0.29) is 5.97 Å². The van der Waals surface area contributed by atoms with E-state index in [1.165, 1.54) is 7.11 Å². The summed E-state index contributed by atoms with van der Waals surface area (Å²) in [7, 11) is 1.38. The number of rotatable bonds is 6. The largest absolute Gasteiger partial charge is 0.469 e. The molecule has 0 aromatic carbocycles. The Balaban J connectivity index is 2.55. The number of aryl methyl sites for hydroxylation is 1. The van der Waals surface area contributed by atoms with Gasteiger partial charge in [-0.1, -0.05) is 0 Å². The average Bonchev–Trinajstić information content (AvgIpc) is 2.42. The fourth-order valence-corrected chi connectivity index (χ4v) is 1.83. The van der Waals surface area contributed by atoms with Gasteiger partial charge in [0.25, 0.3) is 0 Å². The number of anilines is 1. The van der Waals surface area contributed by atoms with Crippen molar-refractivity contribution in [1.82, 2.24) is 4.98 Å². The van der Waals surface area contributed by atoms with E-state index < -0.39 is 11.7 Å². The minimum atomic E-state index is -0.549. The first-order valence-corrected chi connectivity index (χ1v) is 7.32. The molecule has 0 radical (unpaired) electrons. The molecule has 1 N–H and O–H groups in total. The van der Waals surface area contributed by atoms with E-state index in [0.717, 1.165) is 18.5 Å². The maximum atomic E-state index is 11.8. The zero-order valence-electron chi connectivity index (χ0n) is 13.6. The van der Waals surface area contributed by atoms with Crippen molar-refractivity contribution in [2.45, 2.75) is 52.1 Å². The van der Waals surface area contributed by atoms with Gasteiger partial charge in [-0.25, -0.2) is 4.79 Å². The van der Waals surface area contributed by atoms with Crippen LogP contribution in [0.25, 0.3) is 0 Å². The van der Waals surface area contributed by atoms with Gasteiger partial charge in [0.1, 0.15) is 5.60 Å². The Labute approximate surface area is 131 Å². The number of aromatic nitrogens is 1. The highest BCUT2D eigenvalue weighted by Crippen LogP contribution is 2.17. The topological polar surface area (TPSA) is 77.5 Å². The number of ether oxygens (including phenoxy) is 2. The van der Waals surface area contributed by atoms with Crippen molar-refractivity contribution in [3.8, 4) is 0 Å². The third kappa shape index (κ3) is 7.06. The van der Waals surface area contributed by atoms with Crippen LogP contribution >= 0.6 is 0 Å². The molecule has 0 fully saturated rings. The molecule has 22 heavy (non-hydrogen) atoms. The van der Waals surface area contributed by atoms with Crippen LogP contribution in [0.3, 0.4) is 0 Å². The van der Waals surface area contributed by atoms with Crippen molar-refractivity contribution in [2.24, 2.45) is 0 Å². The molecular weight excluding hydrogens is 284 g/mol. The molecule has 0 saturated heterocycles. The molecule has 6 nitrogen and oxygen atoms in total. The highest BCUT2D eigenvalue weighted by molar-refractivity contribution is 5.85. The second-order valence-electron chi connectivity index (χ2n) is 5.91. The second kappa shape index (κ2) is 8.36. The van der Waals surface area contributed by atoms with Crippen LogP contribution in [-0.4, -0.2) is 29.8 Å². The number of methoxy groups -OCH3 is 1. The lowest BCUT2D eigenvalue weighted by molar-refractivity contribution is -0.140. The second-order valence-corrected chi connectivity index (χ2v) is 5.91. The van der Waals surface area contributed by atoms with Gasteiger partial charge < -0.3 is 9.47 Å². The van der Waals surface area contributed by atoms with Crippen LogP contribution in [0.15, 0.2) is 18.3 Å². The third-order valence-electron chi connectivity index (χ3n) is 2.80. The summed E-state index contributed by atoms with van der Waals surface area (Å²) in [5.41, 5.74) is 0.862. The van der Waals surface area contributed by atoms with E-state index >= 15 is 0 Å². The molecule has 0 aliphatic heterocycles. The Morgan fingerprint density at radius 3 is 2.64 bits per heavy atom. The summed E-state index contributed by atoms with van der Waals surface area (Å²) < 4.78 is 9.83. The molecule has 1 amide bonds. The van der Waals surface area contributed by atoms with Crippen LogP contribution in [0.5, 0.6) is 0 Å². The summed E-state index contributed by atoms with van der Waals surface area (Å²) in [6.45, 7) is 5.43. The lowest BCUT2D eigenvalue weighted by Crippen LogP contribution is -2.27. The zero-order chi connectivity index (χ0) is 16.6. The van der Waals surface area contributed by atoms with Crippen molar-refractivity contribution >= 4 is 17.7 Å². The van der Waals surface area contributed by atoms with Gasteiger partial charge in [0, 0.05) is 12.6 Å². The Morgan fingerprint density at radius 2 is 2.00 bits per heavy atom. The van der Waals surface area contributed by atoms with Gasteiger partial charge in [-0.2, -0.15) is 0 Å². The normalized spacial score (nSPS) is 10.9. The number of unbranched alkanes of at least 4 members (excludes halogenated alkanes) is 1. The predicted octanol–water partition coefficient (Wildman–Crippen LogP) is 3.31. The van der Waals surface area contributed by atoms with Crippen molar-refractivity contribution in [2.75, 3.05) is 12.4 Å². The van der Waals surface area contributed by atoms with E-state index in [4.69, 9.17) is 4.74 Å². The minimum absolute atomic E-state index is 0.215. The SMILES string of the molecule is COC(=O)CCCCc1ncccc1NC(=O)OC(C)(C)C. The van der Waals surface area contributed by atoms with Crippen molar-refractivity contribution in [3.05, 3.63) is 24.0 Å². The number of esters is 1. The number of carbonyl (C=O) groups excluding carboxylic acids is 2. The first kappa shape index (κ1) is 17.9. The molecule has 0 aliphatic carbocycles. The number of hydrogen-bond acceptors (Lipinski definition) is 5. The summed E-state index contributed by atoms with van der Waals surface area (Å²) in [6.07, 6.45) is 3.73. The number of amides is 1. The van der Waals surface area contributed by atoms with Crippen molar-refractivity contribution in [3.63, 3.8) is 0 Å². The number of pyridine rings is 1. The average molecular weight is 308 g/mol. The molecule has 1 aromatic rings. The molecular formula is C16H24N2O4. The van der Waals surface area contributed by atoms with Gasteiger partial charge in [-0.05, 0) is 52.2 Å². The highest BCUT2D eigenvalue weighted by atomic mass is 16.6. The molecule has 1 heterocycles. The Morgan fingerprint density at radius 1 is 1.27 bits per heavy atom. The fraction of sp³-hybridized carbons (Fsp3) is 0.562. The quantitative estimate of drug-likeness (QED) is 0.644. The van der Waals surface area contributed by atoms with Crippen LogP contribution in [0.1, 0.15) is 45.7 Å². The van der Waals surface area contributed by atoms with Crippen molar-refractivity contribution in [1.29, 1.82) is 0 Å². The molecule has 0 unspecified atom stereocenters. The van der Waals surface area contributed by atoms with Crippen molar-refractivity contribution < 1.29 is 19.1 Å². The molecule has 0 spiro atoms. The molecule has 0 aliphatic rings. The molecule has 1 rings (SSSR count). The van der Waals surface area contributed by atoms with Crippen LogP contribution in [0.2, 0.25) is 0 Å². The first-order chi connectivity index (χ1) is 10.3. The first-order valence-electron chi connectivity index (χ1n) is 7.32. The molecule has 0 atom stereocenters. The van der Waals surface area contributed by atoms with E-state index in [9.17, 15) is 9.59 Å².